The molecule has 1 aliphatic heterocycles. The molecule has 66 valence electrons. The van der Waals surface area contributed by atoms with Gasteiger partial charge in [-0.05, 0) is 6.42 Å². The van der Waals surface area contributed by atoms with Crippen molar-refractivity contribution in [2.24, 2.45) is 0 Å². The SMILES string of the molecule is CCC1(COC)CC(F)CN1. The van der Waals surface area contributed by atoms with Gasteiger partial charge in [-0.25, -0.2) is 4.39 Å². The number of ether oxygens (including phenoxy) is 1. The van der Waals surface area contributed by atoms with Crippen LogP contribution in [0.1, 0.15) is 19.8 Å². The van der Waals surface area contributed by atoms with Crippen LogP contribution in [0.3, 0.4) is 0 Å². The van der Waals surface area contributed by atoms with Gasteiger partial charge in [-0.1, -0.05) is 6.92 Å². The molecule has 0 spiro atoms. The molecule has 0 amide bonds. The summed E-state index contributed by atoms with van der Waals surface area (Å²) in [5, 5.41) is 3.17. The minimum Gasteiger partial charge on any atom is -0.383 e. The molecule has 1 rings (SSSR count). The summed E-state index contributed by atoms with van der Waals surface area (Å²) in [5.41, 5.74) is -0.0891. The van der Waals surface area contributed by atoms with Crippen molar-refractivity contribution in [3.05, 3.63) is 0 Å². The van der Waals surface area contributed by atoms with Crippen LogP contribution < -0.4 is 5.32 Å². The van der Waals surface area contributed by atoms with E-state index in [2.05, 4.69) is 12.2 Å². The molecular weight excluding hydrogens is 145 g/mol. The summed E-state index contributed by atoms with van der Waals surface area (Å²) in [6, 6.07) is 0. The largest absolute Gasteiger partial charge is 0.383 e. The van der Waals surface area contributed by atoms with Crippen LogP contribution in [0.15, 0.2) is 0 Å². The van der Waals surface area contributed by atoms with E-state index in [0.29, 0.717) is 19.6 Å². The number of rotatable bonds is 3. The number of hydrogen-bond acceptors (Lipinski definition) is 2. The van der Waals surface area contributed by atoms with E-state index in [1.165, 1.54) is 0 Å². The van der Waals surface area contributed by atoms with Crippen LogP contribution in [-0.2, 0) is 4.74 Å². The Kier molecular flexibility index (Phi) is 2.84. The lowest BCUT2D eigenvalue weighted by Gasteiger charge is -2.26. The van der Waals surface area contributed by atoms with Crippen molar-refractivity contribution in [2.75, 3.05) is 20.3 Å². The van der Waals surface area contributed by atoms with E-state index in [1.54, 1.807) is 7.11 Å². The second-order valence-electron chi connectivity index (χ2n) is 3.25. The third-order valence-corrected chi connectivity index (χ3v) is 2.41. The molecule has 0 aromatic rings. The average molecular weight is 161 g/mol. The van der Waals surface area contributed by atoms with E-state index in [4.69, 9.17) is 4.74 Å². The maximum atomic E-state index is 12.8. The minimum absolute atomic E-state index is 0.0891. The van der Waals surface area contributed by atoms with Crippen molar-refractivity contribution in [1.29, 1.82) is 0 Å². The van der Waals surface area contributed by atoms with Gasteiger partial charge >= 0.3 is 0 Å². The van der Waals surface area contributed by atoms with E-state index >= 15 is 0 Å². The number of methoxy groups -OCH3 is 1. The molecule has 1 N–H and O–H groups in total. The number of nitrogens with one attached hydrogen (secondary N) is 1. The lowest BCUT2D eigenvalue weighted by atomic mass is 9.95. The molecule has 3 heteroatoms. The third kappa shape index (κ3) is 1.91. The minimum atomic E-state index is -0.690. The monoisotopic (exact) mass is 161 g/mol. The van der Waals surface area contributed by atoms with E-state index in [1.807, 2.05) is 0 Å². The van der Waals surface area contributed by atoms with Crippen molar-refractivity contribution < 1.29 is 9.13 Å². The predicted molar refractivity (Wildman–Crippen MR) is 42.4 cm³/mol. The highest BCUT2D eigenvalue weighted by Gasteiger charge is 2.37. The summed E-state index contributed by atoms with van der Waals surface area (Å²) in [7, 11) is 1.66. The van der Waals surface area contributed by atoms with E-state index in [0.717, 1.165) is 6.42 Å². The Bertz CT molecular complexity index is 127. The second kappa shape index (κ2) is 3.50. The molecule has 1 saturated heterocycles. The molecule has 11 heavy (non-hydrogen) atoms. The van der Waals surface area contributed by atoms with Crippen LogP contribution in [0.4, 0.5) is 4.39 Å². The predicted octanol–water partition coefficient (Wildman–Crippen LogP) is 1.11. The zero-order chi connectivity index (χ0) is 8.32. The zero-order valence-electron chi connectivity index (χ0n) is 7.19. The maximum Gasteiger partial charge on any atom is 0.114 e. The molecule has 0 aliphatic carbocycles. The topological polar surface area (TPSA) is 21.3 Å². The van der Waals surface area contributed by atoms with Crippen LogP contribution in [0.5, 0.6) is 0 Å². The molecule has 1 aliphatic rings. The molecule has 2 atom stereocenters. The van der Waals surface area contributed by atoms with E-state index < -0.39 is 6.17 Å². The summed E-state index contributed by atoms with van der Waals surface area (Å²) < 4.78 is 17.9. The van der Waals surface area contributed by atoms with Crippen molar-refractivity contribution >= 4 is 0 Å². The van der Waals surface area contributed by atoms with Gasteiger partial charge in [0.05, 0.1) is 6.61 Å². The smallest absolute Gasteiger partial charge is 0.114 e. The first kappa shape index (κ1) is 8.94. The van der Waals surface area contributed by atoms with Gasteiger partial charge in [0.15, 0.2) is 0 Å². The normalized spacial score (nSPS) is 37.9. The molecule has 0 radical (unpaired) electrons. The Morgan fingerprint density at radius 1 is 1.73 bits per heavy atom. The van der Waals surface area contributed by atoms with Gasteiger partial charge in [-0.15, -0.1) is 0 Å². The van der Waals surface area contributed by atoms with Crippen molar-refractivity contribution in [1.82, 2.24) is 5.32 Å². The molecule has 0 bridgehead atoms. The van der Waals surface area contributed by atoms with Gasteiger partial charge < -0.3 is 10.1 Å². The lowest BCUT2D eigenvalue weighted by Crippen LogP contribution is -2.43. The van der Waals surface area contributed by atoms with Crippen molar-refractivity contribution in [3.8, 4) is 0 Å². The van der Waals surface area contributed by atoms with Gasteiger partial charge in [0.2, 0.25) is 0 Å². The number of halogens is 1. The maximum absolute atomic E-state index is 12.8. The first-order valence-corrected chi connectivity index (χ1v) is 4.10. The second-order valence-corrected chi connectivity index (χ2v) is 3.25. The van der Waals surface area contributed by atoms with E-state index in [-0.39, 0.29) is 5.54 Å². The van der Waals surface area contributed by atoms with Gasteiger partial charge in [-0.2, -0.15) is 0 Å². The van der Waals surface area contributed by atoms with Gasteiger partial charge in [0, 0.05) is 25.6 Å². The summed E-state index contributed by atoms with van der Waals surface area (Å²) in [4.78, 5) is 0. The summed E-state index contributed by atoms with van der Waals surface area (Å²) in [6.45, 7) is 3.16. The Labute approximate surface area is 67.1 Å². The molecule has 1 fully saturated rings. The van der Waals surface area contributed by atoms with Crippen LogP contribution in [0.25, 0.3) is 0 Å². The molecule has 0 saturated carbocycles. The van der Waals surface area contributed by atoms with Gasteiger partial charge in [-0.3, -0.25) is 0 Å². The fourth-order valence-electron chi connectivity index (χ4n) is 1.65. The zero-order valence-corrected chi connectivity index (χ0v) is 7.19. The Morgan fingerprint density at radius 3 is 2.82 bits per heavy atom. The molecule has 0 aromatic heterocycles. The summed E-state index contributed by atoms with van der Waals surface area (Å²) >= 11 is 0. The number of alkyl halides is 1. The highest BCUT2D eigenvalue weighted by Crippen LogP contribution is 2.24. The lowest BCUT2D eigenvalue weighted by molar-refractivity contribution is 0.114. The fourth-order valence-corrected chi connectivity index (χ4v) is 1.65. The quantitative estimate of drug-likeness (QED) is 0.669. The molecule has 0 aromatic carbocycles. The Morgan fingerprint density at radius 2 is 2.45 bits per heavy atom. The van der Waals surface area contributed by atoms with Crippen LogP contribution >= 0.6 is 0 Å². The summed E-state index contributed by atoms with van der Waals surface area (Å²) in [6.07, 6.45) is 0.837. The van der Waals surface area contributed by atoms with Crippen LogP contribution in [-0.4, -0.2) is 32.0 Å². The average Bonchev–Trinajstić information content (AvgIpc) is 2.34. The van der Waals surface area contributed by atoms with Gasteiger partial charge in [0.25, 0.3) is 0 Å². The summed E-state index contributed by atoms with van der Waals surface area (Å²) in [5.74, 6) is 0. The first-order chi connectivity index (χ1) is 5.22. The van der Waals surface area contributed by atoms with E-state index in [9.17, 15) is 4.39 Å². The Hall–Kier alpha value is -0.150. The Balaban J connectivity index is 2.48. The highest BCUT2D eigenvalue weighted by molar-refractivity contribution is 4.95. The van der Waals surface area contributed by atoms with Gasteiger partial charge in [0.1, 0.15) is 6.17 Å². The molecular formula is C8H16FNO. The third-order valence-electron chi connectivity index (χ3n) is 2.41. The highest BCUT2D eigenvalue weighted by atomic mass is 19.1. The molecule has 2 unspecified atom stereocenters. The first-order valence-electron chi connectivity index (χ1n) is 4.10. The molecule has 1 heterocycles. The fraction of sp³-hybridized carbons (Fsp3) is 1.00. The van der Waals surface area contributed by atoms with Crippen molar-refractivity contribution in [2.45, 2.75) is 31.5 Å². The van der Waals surface area contributed by atoms with Crippen molar-refractivity contribution in [3.63, 3.8) is 0 Å². The van der Waals surface area contributed by atoms with Crippen LogP contribution in [0, 0.1) is 0 Å². The standard InChI is InChI=1S/C8H16FNO/c1-3-8(6-11-2)4-7(9)5-10-8/h7,10H,3-6H2,1-2H3. The number of hydrogen-bond donors (Lipinski definition) is 1. The van der Waals surface area contributed by atoms with Crippen LogP contribution in [0.2, 0.25) is 0 Å². The molecule has 2 nitrogen and oxygen atoms in total.